The molecule has 2 bridgehead atoms. The van der Waals surface area contributed by atoms with E-state index in [1.54, 1.807) is 0 Å². The van der Waals surface area contributed by atoms with Crippen molar-refractivity contribution < 1.29 is 0 Å². The highest BCUT2D eigenvalue weighted by molar-refractivity contribution is 5.24. The molecule has 1 saturated carbocycles. The molecule has 0 amide bonds. The number of hydrogen-bond acceptors (Lipinski definition) is 1. The molecule has 0 radical (unpaired) electrons. The van der Waals surface area contributed by atoms with E-state index in [0.717, 1.165) is 24.2 Å². The monoisotopic (exact) mass is 255 g/mol. The maximum Gasteiger partial charge on any atom is 0.0291 e. The molecule has 1 nitrogen and oxygen atoms in total. The van der Waals surface area contributed by atoms with E-state index >= 15 is 0 Å². The van der Waals surface area contributed by atoms with Gasteiger partial charge >= 0.3 is 0 Å². The Bertz CT molecular complexity index is 445. The molecule has 19 heavy (non-hydrogen) atoms. The maximum absolute atomic E-state index is 3.73. The molecule has 0 aromatic heterocycles. The second-order valence-corrected chi connectivity index (χ2v) is 6.27. The Kier molecular flexibility index (Phi) is 3.74. The van der Waals surface area contributed by atoms with Crippen LogP contribution in [0.1, 0.15) is 43.9 Å². The van der Waals surface area contributed by atoms with Gasteiger partial charge in [-0.05, 0) is 61.6 Å². The van der Waals surface area contributed by atoms with Crippen molar-refractivity contribution in [3.8, 4) is 0 Å². The topological polar surface area (TPSA) is 12.0 Å². The lowest BCUT2D eigenvalue weighted by molar-refractivity contribution is 0.393. The molecule has 0 saturated heterocycles. The summed E-state index contributed by atoms with van der Waals surface area (Å²) in [4.78, 5) is 0. The molecule has 4 atom stereocenters. The van der Waals surface area contributed by atoms with Crippen LogP contribution in [0.2, 0.25) is 0 Å². The molecule has 1 N–H and O–H groups in total. The molecule has 0 aliphatic heterocycles. The molecule has 1 aromatic rings. The molecule has 0 heterocycles. The quantitative estimate of drug-likeness (QED) is 0.781. The summed E-state index contributed by atoms with van der Waals surface area (Å²) in [6, 6.07) is 9.53. The number of benzene rings is 1. The van der Waals surface area contributed by atoms with Crippen LogP contribution < -0.4 is 5.32 Å². The number of rotatable bonds is 5. The standard InChI is InChI=1S/C18H25N/c1-3-14-4-7-16(8-5-14)13(2)19-12-18-11-15-6-9-17(18)10-15/h4-9,13,15,17-19H,3,10-12H2,1-2H3. The van der Waals surface area contributed by atoms with E-state index < -0.39 is 0 Å². The largest absolute Gasteiger partial charge is 0.310 e. The summed E-state index contributed by atoms with van der Waals surface area (Å²) in [6.45, 7) is 5.66. The smallest absolute Gasteiger partial charge is 0.0291 e. The molecule has 1 fully saturated rings. The molecular formula is C18H25N. The van der Waals surface area contributed by atoms with Crippen molar-refractivity contribution in [1.29, 1.82) is 0 Å². The Morgan fingerprint density at radius 2 is 1.95 bits per heavy atom. The first-order valence-corrected chi connectivity index (χ1v) is 7.76. The predicted molar refractivity (Wildman–Crippen MR) is 81.1 cm³/mol. The highest BCUT2D eigenvalue weighted by Crippen LogP contribution is 2.43. The second kappa shape index (κ2) is 5.50. The van der Waals surface area contributed by atoms with Gasteiger partial charge < -0.3 is 5.32 Å². The molecule has 2 aliphatic rings. The molecule has 1 aromatic carbocycles. The van der Waals surface area contributed by atoms with E-state index in [-0.39, 0.29) is 0 Å². The summed E-state index contributed by atoms with van der Waals surface area (Å²) in [7, 11) is 0. The van der Waals surface area contributed by atoms with Crippen LogP contribution >= 0.6 is 0 Å². The van der Waals surface area contributed by atoms with Gasteiger partial charge in [-0.1, -0.05) is 43.3 Å². The third kappa shape index (κ3) is 2.76. The van der Waals surface area contributed by atoms with E-state index in [4.69, 9.17) is 0 Å². The van der Waals surface area contributed by atoms with Gasteiger partial charge in [-0.3, -0.25) is 0 Å². The van der Waals surface area contributed by atoms with Crippen molar-refractivity contribution in [2.24, 2.45) is 17.8 Å². The minimum absolute atomic E-state index is 0.467. The summed E-state index contributed by atoms with van der Waals surface area (Å²) in [5.41, 5.74) is 2.84. The number of allylic oxidation sites excluding steroid dienone is 2. The Morgan fingerprint density at radius 1 is 1.16 bits per heavy atom. The Hall–Kier alpha value is -1.08. The highest BCUT2D eigenvalue weighted by atomic mass is 14.9. The van der Waals surface area contributed by atoms with Crippen LogP contribution in [0, 0.1) is 17.8 Å². The van der Waals surface area contributed by atoms with E-state index in [2.05, 4.69) is 55.6 Å². The summed E-state index contributed by atoms with van der Waals surface area (Å²) in [6.07, 6.45) is 8.80. The zero-order chi connectivity index (χ0) is 13.2. The van der Waals surface area contributed by atoms with Crippen LogP contribution in [0.4, 0.5) is 0 Å². The fraction of sp³-hybridized carbons (Fsp3) is 0.556. The Labute approximate surface area is 117 Å². The fourth-order valence-electron chi connectivity index (χ4n) is 3.62. The van der Waals surface area contributed by atoms with Gasteiger partial charge in [0.2, 0.25) is 0 Å². The van der Waals surface area contributed by atoms with Gasteiger partial charge in [-0.15, -0.1) is 0 Å². The van der Waals surface area contributed by atoms with E-state index in [1.165, 1.54) is 30.5 Å². The first-order chi connectivity index (χ1) is 9.26. The van der Waals surface area contributed by atoms with Gasteiger partial charge in [0.1, 0.15) is 0 Å². The molecule has 0 spiro atoms. The zero-order valence-corrected chi connectivity index (χ0v) is 12.1. The number of nitrogens with one attached hydrogen (secondary N) is 1. The summed E-state index contributed by atoms with van der Waals surface area (Å²) >= 11 is 0. The SMILES string of the molecule is CCc1ccc(C(C)NCC2CC3C=CC2C3)cc1. The molecular weight excluding hydrogens is 230 g/mol. The highest BCUT2D eigenvalue weighted by Gasteiger charge is 2.35. The number of fused-ring (bicyclic) bond motifs is 2. The van der Waals surface area contributed by atoms with Crippen molar-refractivity contribution in [2.45, 2.75) is 39.2 Å². The van der Waals surface area contributed by atoms with Gasteiger partial charge in [0.25, 0.3) is 0 Å². The average Bonchev–Trinajstić information content (AvgIpc) is 3.07. The maximum atomic E-state index is 3.73. The number of aryl methyl sites for hydroxylation is 1. The molecule has 4 unspecified atom stereocenters. The first-order valence-electron chi connectivity index (χ1n) is 7.76. The minimum atomic E-state index is 0.467. The molecule has 3 rings (SSSR count). The van der Waals surface area contributed by atoms with Crippen LogP contribution in [0.5, 0.6) is 0 Å². The molecule has 2 aliphatic carbocycles. The first kappa shape index (κ1) is 12.9. The summed E-state index contributed by atoms with van der Waals surface area (Å²) in [5, 5.41) is 3.73. The third-order valence-electron chi connectivity index (χ3n) is 4.99. The Balaban J connectivity index is 1.53. The van der Waals surface area contributed by atoms with Crippen LogP contribution in [0.15, 0.2) is 36.4 Å². The van der Waals surface area contributed by atoms with Crippen LogP contribution in [-0.2, 0) is 6.42 Å². The van der Waals surface area contributed by atoms with Gasteiger partial charge in [0.05, 0.1) is 0 Å². The summed E-state index contributed by atoms with van der Waals surface area (Å²) in [5.74, 6) is 2.61. The average molecular weight is 255 g/mol. The zero-order valence-electron chi connectivity index (χ0n) is 12.1. The third-order valence-corrected chi connectivity index (χ3v) is 4.99. The van der Waals surface area contributed by atoms with E-state index in [9.17, 15) is 0 Å². The van der Waals surface area contributed by atoms with Crippen molar-refractivity contribution in [3.05, 3.63) is 47.5 Å². The molecule has 1 heteroatoms. The fourth-order valence-corrected chi connectivity index (χ4v) is 3.62. The van der Waals surface area contributed by atoms with Crippen molar-refractivity contribution >= 4 is 0 Å². The lowest BCUT2D eigenvalue weighted by atomic mass is 9.93. The second-order valence-electron chi connectivity index (χ2n) is 6.27. The van der Waals surface area contributed by atoms with Crippen LogP contribution in [0.3, 0.4) is 0 Å². The van der Waals surface area contributed by atoms with Gasteiger partial charge in [0, 0.05) is 6.04 Å². The van der Waals surface area contributed by atoms with Gasteiger partial charge in [0.15, 0.2) is 0 Å². The Morgan fingerprint density at radius 3 is 2.53 bits per heavy atom. The van der Waals surface area contributed by atoms with Crippen LogP contribution in [-0.4, -0.2) is 6.54 Å². The van der Waals surface area contributed by atoms with Gasteiger partial charge in [-0.25, -0.2) is 0 Å². The van der Waals surface area contributed by atoms with E-state index in [1.807, 2.05) is 0 Å². The summed E-state index contributed by atoms with van der Waals surface area (Å²) < 4.78 is 0. The number of hydrogen-bond donors (Lipinski definition) is 1. The lowest BCUT2D eigenvalue weighted by Gasteiger charge is -2.22. The van der Waals surface area contributed by atoms with Crippen LogP contribution in [0.25, 0.3) is 0 Å². The van der Waals surface area contributed by atoms with Crippen molar-refractivity contribution in [1.82, 2.24) is 5.32 Å². The van der Waals surface area contributed by atoms with Crippen molar-refractivity contribution in [3.63, 3.8) is 0 Å². The normalized spacial score (nSPS) is 29.9. The van der Waals surface area contributed by atoms with Crippen molar-refractivity contribution in [2.75, 3.05) is 6.54 Å². The lowest BCUT2D eigenvalue weighted by Crippen LogP contribution is -2.27. The minimum Gasteiger partial charge on any atom is -0.310 e. The van der Waals surface area contributed by atoms with Gasteiger partial charge in [-0.2, -0.15) is 0 Å². The molecule has 102 valence electrons. The van der Waals surface area contributed by atoms with E-state index in [0.29, 0.717) is 6.04 Å². The predicted octanol–water partition coefficient (Wildman–Crippen LogP) is 4.11.